The van der Waals surface area contributed by atoms with E-state index < -0.39 is 0 Å². The molecule has 1 aliphatic rings. The summed E-state index contributed by atoms with van der Waals surface area (Å²) in [6.07, 6.45) is 3.05. The van der Waals surface area contributed by atoms with Crippen molar-refractivity contribution < 1.29 is 9.53 Å². The smallest absolute Gasteiger partial charge is 0.409 e. The van der Waals surface area contributed by atoms with Crippen LogP contribution in [0.3, 0.4) is 0 Å². The number of nitrogens with one attached hydrogen (secondary N) is 1. The van der Waals surface area contributed by atoms with Gasteiger partial charge < -0.3 is 15.0 Å². The van der Waals surface area contributed by atoms with Gasteiger partial charge in [0.05, 0.1) is 17.6 Å². The number of likely N-dealkylation sites (tertiary alicyclic amines) is 1. The molecule has 0 atom stereocenters. The first-order valence-electron chi connectivity index (χ1n) is 8.63. The molecule has 26 heavy (non-hydrogen) atoms. The van der Waals surface area contributed by atoms with Crippen molar-refractivity contribution in [3.8, 4) is 0 Å². The minimum Gasteiger partial charge on any atom is -0.450 e. The Morgan fingerprint density at radius 3 is 2.96 bits per heavy atom. The van der Waals surface area contributed by atoms with Gasteiger partial charge in [0, 0.05) is 24.2 Å². The fourth-order valence-corrected chi connectivity index (χ4v) is 3.40. The van der Waals surface area contributed by atoms with Crippen molar-refractivity contribution in [3.05, 3.63) is 29.5 Å². The van der Waals surface area contributed by atoms with Crippen molar-refractivity contribution >= 4 is 40.2 Å². The summed E-state index contributed by atoms with van der Waals surface area (Å²) < 4.78 is 6.94. The number of ether oxygens (including phenoxy) is 1. The number of benzene rings is 1. The number of hydrogen-bond donors (Lipinski definition) is 1. The van der Waals surface area contributed by atoms with Crippen LogP contribution in [0.15, 0.2) is 24.5 Å². The van der Waals surface area contributed by atoms with Gasteiger partial charge in [-0.15, -0.1) is 10.2 Å². The molecule has 136 valence electrons. The molecular weight excluding hydrogens is 356 g/mol. The van der Waals surface area contributed by atoms with E-state index in [-0.39, 0.29) is 12.1 Å². The summed E-state index contributed by atoms with van der Waals surface area (Å²) in [5.41, 5.74) is 2.33. The highest BCUT2D eigenvalue weighted by Gasteiger charge is 2.24. The van der Waals surface area contributed by atoms with Gasteiger partial charge in [-0.25, -0.2) is 9.78 Å². The van der Waals surface area contributed by atoms with E-state index in [2.05, 4.69) is 15.5 Å². The molecule has 0 unspecified atom stereocenters. The number of carbonyl (C=O) groups is 1. The third-order valence-electron chi connectivity index (χ3n) is 4.55. The third-order valence-corrected chi connectivity index (χ3v) is 4.79. The van der Waals surface area contributed by atoms with Gasteiger partial charge in [-0.2, -0.15) is 0 Å². The molecule has 9 heteroatoms. The van der Waals surface area contributed by atoms with E-state index in [4.69, 9.17) is 21.3 Å². The third kappa shape index (κ3) is 3.12. The monoisotopic (exact) mass is 374 g/mol. The molecule has 2 aromatic heterocycles. The SMILES string of the molecule is CCOC(=O)N1CCC(Nc2nc3ccc(Cl)cc3n3cnnc23)CC1. The lowest BCUT2D eigenvalue weighted by molar-refractivity contribution is 0.0983. The van der Waals surface area contributed by atoms with E-state index in [1.54, 1.807) is 11.2 Å². The molecule has 1 aromatic carbocycles. The number of fused-ring (bicyclic) bond motifs is 3. The van der Waals surface area contributed by atoms with Gasteiger partial charge in [-0.3, -0.25) is 4.40 Å². The van der Waals surface area contributed by atoms with Gasteiger partial charge in [0.15, 0.2) is 5.82 Å². The molecule has 4 rings (SSSR count). The van der Waals surface area contributed by atoms with Gasteiger partial charge in [-0.1, -0.05) is 11.6 Å². The highest BCUT2D eigenvalue weighted by Crippen LogP contribution is 2.24. The van der Waals surface area contributed by atoms with Crippen LogP contribution in [0.4, 0.5) is 10.6 Å². The summed E-state index contributed by atoms with van der Waals surface area (Å²) in [4.78, 5) is 18.3. The second-order valence-electron chi connectivity index (χ2n) is 6.22. The van der Waals surface area contributed by atoms with Crippen LogP contribution < -0.4 is 5.32 Å². The van der Waals surface area contributed by atoms with Crippen molar-refractivity contribution in [2.75, 3.05) is 25.0 Å². The number of carbonyl (C=O) groups excluding carboxylic acids is 1. The number of nitrogens with zero attached hydrogens (tertiary/aromatic N) is 5. The number of anilines is 1. The Bertz CT molecular complexity index is 951. The highest BCUT2D eigenvalue weighted by molar-refractivity contribution is 6.31. The quantitative estimate of drug-likeness (QED) is 0.758. The molecule has 0 aliphatic carbocycles. The van der Waals surface area contributed by atoms with Crippen molar-refractivity contribution in [1.29, 1.82) is 0 Å². The van der Waals surface area contributed by atoms with E-state index in [0.29, 0.717) is 36.2 Å². The average molecular weight is 375 g/mol. The standard InChI is InChI=1S/C17H19ClN6O2/c1-2-26-17(25)23-7-5-12(6-8-23)20-15-16-22-19-10-24(16)14-9-11(18)3-4-13(14)21-15/h3-4,9-10,12H,2,5-8H2,1H3,(H,20,21). The summed E-state index contributed by atoms with van der Waals surface area (Å²) in [6.45, 7) is 3.52. The molecule has 3 aromatic rings. The number of aromatic nitrogens is 4. The zero-order chi connectivity index (χ0) is 18.1. The van der Waals surface area contributed by atoms with Crippen molar-refractivity contribution in [3.63, 3.8) is 0 Å². The lowest BCUT2D eigenvalue weighted by Gasteiger charge is -2.31. The summed E-state index contributed by atoms with van der Waals surface area (Å²) in [7, 11) is 0. The first kappa shape index (κ1) is 16.8. The molecule has 0 saturated carbocycles. The lowest BCUT2D eigenvalue weighted by Crippen LogP contribution is -2.42. The van der Waals surface area contributed by atoms with Gasteiger partial charge in [0.2, 0.25) is 5.65 Å². The van der Waals surface area contributed by atoms with Crippen LogP contribution >= 0.6 is 11.6 Å². The summed E-state index contributed by atoms with van der Waals surface area (Å²) in [5.74, 6) is 0.687. The Labute approximate surface area is 155 Å². The zero-order valence-electron chi connectivity index (χ0n) is 14.4. The van der Waals surface area contributed by atoms with Crippen molar-refractivity contribution in [2.45, 2.75) is 25.8 Å². The largest absolute Gasteiger partial charge is 0.450 e. The molecule has 1 N–H and O–H groups in total. The van der Waals surface area contributed by atoms with E-state index in [1.807, 2.05) is 29.5 Å². The lowest BCUT2D eigenvalue weighted by atomic mass is 10.1. The number of amides is 1. The minimum absolute atomic E-state index is 0.207. The minimum atomic E-state index is -0.244. The van der Waals surface area contributed by atoms with Crippen molar-refractivity contribution in [2.24, 2.45) is 0 Å². The maximum atomic E-state index is 11.8. The Balaban J connectivity index is 1.55. The van der Waals surface area contributed by atoms with Crippen LogP contribution in [0, 0.1) is 0 Å². The van der Waals surface area contributed by atoms with Crippen LogP contribution in [-0.4, -0.2) is 56.3 Å². The van der Waals surface area contributed by atoms with E-state index in [1.165, 1.54) is 0 Å². The molecule has 3 heterocycles. The number of halogens is 1. The Kier molecular flexibility index (Phi) is 4.50. The van der Waals surface area contributed by atoms with Crippen LogP contribution in [0.1, 0.15) is 19.8 Å². The molecule has 1 aliphatic heterocycles. The van der Waals surface area contributed by atoms with Crippen LogP contribution in [-0.2, 0) is 4.74 Å². The molecule has 1 fully saturated rings. The van der Waals surface area contributed by atoms with E-state index >= 15 is 0 Å². The fraction of sp³-hybridized carbons (Fsp3) is 0.412. The van der Waals surface area contributed by atoms with Crippen LogP contribution in [0.25, 0.3) is 16.7 Å². The first-order chi connectivity index (χ1) is 12.7. The molecular formula is C17H19ClN6O2. The Hall–Kier alpha value is -2.61. The van der Waals surface area contributed by atoms with E-state index in [9.17, 15) is 4.79 Å². The number of piperidine rings is 1. The Morgan fingerprint density at radius 1 is 1.38 bits per heavy atom. The summed E-state index contributed by atoms with van der Waals surface area (Å²) in [6, 6.07) is 5.75. The second-order valence-corrected chi connectivity index (χ2v) is 6.66. The highest BCUT2D eigenvalue weighted by atomic mass is 35.5. The number of rotatable bonds is 3. The molecule has 0 radical (unpaired) electrons. The van der Waals surface area contributed by atoms with Crippen molar-refractivity contribution in [1.82, 2.24) is 24.5 Å². The van der Waals surface area contributed by atoms with Crippen LogP contribution in [0.5, 0.6) is 0 Å². The maximum absolute atomic E-state index is 11.8. The molecule has 1 amide bonds. The molecule has 0 spiro atoms. The predicted octanol–water partition coefficient (Wildman–Crippen LogP) is 2.96. The summed E-state index contributed by atoms with van der Waals surface area (Å²) in [5, 5.41) is 12.3. The Morgan fingerprint density at radius 2 is 2.19 bits per heavy atom. The van der Waals surface area contributed by atoms with Crippen LogP contribution in [0.2, 0.25) is 5.02 Å². The fourth-order valence-electron chi connectivity index (χ4n) is 3.24. The van der Waals surface area contributed by atoms with Gasteiger partial charge in [0.25, 0.3) is 0 Å². The molecule has 0 bridgehead atoms. The topological polar surface area (TPSA) is 84.7 Å². The predicted molar refractivity (Wildman–Crippen MR) is 98.5 cm³/mol. The average Bonchev–Trinajstić information content (AvgIpc) is 3.13. The second kappa shape index (κ2) is 6.95. The van der Waals surface area contributed by atoms with Gasteiger partial charge in [0.1, 0.15) is 6.33 Å². The first-order valence-corrected chi connectivity index (χ1v) is 9.00. The normalized spacial score (nSPS) is 15.5. The zero-order valence-corrected chi connectivity index (χ0v) is 15.1. The molecule has 8 nitrogen and oxygen atoms in total. The number of hydrogen-bond acceptors (Lipinski definition) is 6. The molecule has 1 saturated heterocycles. The van der Waals surface area contributed by atoms with Gasteiger partial charge in [-0.05, 0) is 38.0 Å². The summed E-state index contributed by atoms with van der Waals surface area (Å²) >= 11 is 6.10. The van der Waals surface area contributed by atoms with E-state index in [0.717, 1.165) is 23.9 Å². The van der Waals surface area contributed by atoms with Gasteiger partial charge >= 0.3 is 6.09 Å². The maximum Gasteiger partial charge on any atom is 0.409 e.